The number of carbonyl (C=O) groups excluding carboxylic acids is 1. The van der Waals surface area contributed by atoms with E-state index in [1.807, 2.05) is 6.26 Å². The van der Waals surface area contributed by atoms with Crippen molar-refractivity contribution in [2.75, 3.05) is 18.6 Å². The first-order chi connectivity index (χ1) is 7.55. The molecule has 0 saturated carbocycles. The SMILES string of the molecule is CSCC(C)(O)CNC(=O)c1cncnc1. The molecule has 0 radical (unpaired) electrons. The zero-order chi connectivity index (χ0) is 12.0. The number of aromatic nitrogens is 2. The molecule has 0 fully saturated rings. The van der Waals surface area contributed by atoms with E-state index in [0.717, 1.165) is 0 Å². The molecule has 1 amide bonds. The average molecular weight is 241 g/mol. The molecule has 0 saturated heterocycles. The third-order valence-corrected chi connectivity index (χ3v) is 2.82. The minimum atomic E-state index is -0.898. The molecule has 1 aromatic rings. The lowest BCUT2D eigenvalue weighted by Crippen LogP contribution is -2.42. The summed E-state index contributed by atoms with van der Waals surface area (Å²) >= 11 is 1.53. The Morgan fingerprint density at radius 1 is 1.56 bits per heavy atom. The molecule has 0 aliphatic carbocycles. The van der Waals surface area contributed by atoms with Gasteiger partial charge in [0, 0.05) is 24.7 Å². The van der Waals surface area contributed by atoms with Crippen LogP contribution in [0.4, 0.5) is 0 Å². The molecule has 6 heteroatoms. The average Bonchev–Trinajstić information content (AvgIpc) is 2.27. The second-order valence-corrected chi connectivity index (χ2v) is 4.61. The Bertz CT molecular complexity index is 343. The van der Waals surface area contributed by atoms with Crippen molar-refractivity contribution in [3.63, 3.8) is 0 Å². The minimum absolute atomic E-state index is 0.210. The molecule has 0 aromatic carbocycles. The van der Waals surface area contributed by atoms with Crippen LogP contribution >= 0.6 is 11.8 Å². The van der Waals surface area contributed by atoms with Gasteiger partial charge in [-0.25, -0.2) is 9.97 Å². The van der Waals surface area contributed by atoms with Crippen molar-refractivity contribution in [1.29, 1.82) is 0 Å². The van der Waals surface area contributed by atoms with Crippen LogP contribution in [0, 0.1) is 0 Å². The monoisotopic (exact) mass is 241 g/mol. The topological polar surface area (TPSA) is 75.1 Å². The van der Waals surface area contributed by atoms with Crippen LogP contribution in [0.1, 0.15) is 17.3 Å². The van der Waals surface area contributed by atoms with Crippen LogP contribution in [-0.2, 0) is 0 Å². The lowest BCUT2D eigenvalue weighted by molar-refractivity contribution is 0.0724. The van der Waals surface area contributed by atoms with Crippen LogP contribution in [0.15, 0.2) is 18.7 Å². The highest BCUT2D eigenvalue weighted by molar-refractivity contribution is 7.98. The van der Waals surface area contributed by atoms with Gasteiger partial charge in [-0.2, -0.15) is 11.8 Å². The summed E-state index contributed by atoms with van der Waals surface area (Å²) in [7, 11) is 0. The van der Waals surface area contributed by atoms with Crippen LogP contribution < -0.4 is 5.32 Å². The third kappa shape index (κ3) is 4.16. The van der Waals surface area contributed by atoms with Gasteiger partial charge < -0.3 is 10.4 Å². The molecule has 0 aliphatic heterocycles. The highest BCUT2D eigenvalue weighted by atomic mass is 32.2. The molecule has 1 aromatic heterocycles. The number of hydrogen-bond acceptors (Lipinski definition) is 5. The molecule has 0 bridgehead atoms. The fourth-order valence-corrected chi connectivity index (χ4v) is 1.88. The van der Waals surface area contributed by atoms with Crippen LogP contribution in [0.5, 0.6) is 0 Å². The molecule has 0 spiro atoms. The number of rotatable bonds is 5. The number of nitrogens with one attached hydrogen (secondary N) is 1. The molecule has 1 unspecified atom stereocenters. The Labute approximate surface area is 98.7 Å². The van der Waals surface area contributed by atoms with E-state index in [-0.39, 0.29) is 12.5 Å². The van der Waals surface area contributed by atoms with Crippen LogP contribution in [0.3, 0.4) is 0 Å². The number of nitrogens with zero attached hydrogens (tertiary/aromatic N) is 2. The molecule has 5 nitrogen and oxygen atoms in total. The smallest absolute Gasteiger partial charge is 0.254 e. The fraction of sp³-hybridized carbons (Fsp3) is 0.500. The van der Waals surface area contributed by atoms with Gasteiger partial charge in [-0.05, 0) is 13.2 Å². The maximum atomic E-state index is 11.6. The molecular formula is C10H15N3O2S. The first kappa shape index (κ1) is 12.9. The Morgan fingerprint density at radius 2 is 2.19 bits per heavy atom. The molecular weight excluding hydrogens is 226 g/mol. The van der Waals surface area contributed by atoms with E-state index in [2.05, 4.69) is 15.3 Å². The second-order valence-electron chi connectivity index (χ2n) is 3.74. The van der Waals surface area contributed by atoms with Crippen LogP contribution in [-0.4, -0.2) is 45.1 Å². The van der Waals surface area contributed by atoms with E-state index in [1.165, 1.54) is 30.5 Å². The summed E-state index contributed by atoms with van der Waals surface area (Å²) in [4.78, 5) is 19.1. The van der Waals surface area contributed by atoms with E-state index in [4.69, 9.17) is 0 Å². The summed E-state index contributed by atoms with van der Waals surface area (Å²) in [6.07, 6.45) is 6.14. The molecule has 1 rings (SSSR count). The summed E-state index contributed by atoms with van der Waals surface area (Å²) < 4.78 is 0. The van der Waals surface area contributed by atoms with E-state index in [1.54, 1.807) is 6.92 Å². The Balaban J connectivity index is 2.48. The zero-order valence-electron chi connectivity index (χ0n) is 9.30. The van der Waals surface area contributed by atoms with Gasteiger partial charge in [0.05, 0.1) is 11.2 Å². The van der Waals surface area contributed by atoms with Crippen molar-refractivity contribution in [1.82, 2.24) is 15.3 Å². The Kier molecular flexibility index (Phi) is 4.70. The summed E-state index contributed by atoms with van der Waals surface area (Å²) in [5.74, 6) is 0.292. The Morgan fingerprint density at radius 3 is 2.75 bits per heavy atom. The van der Waals surface area contributed by atoms with Crippen molar-refractivity contribution < 1.29 is 9.90 Å². The van der Waals surface area contributed by atoms with Crippen LogP contribution in [0.25, 0.3) is 0 Å². The molecule has 1 atom stereocenters. The van der Waals surface area contributed by atoms with Gasteiger partial charge in [-0.1, -0.05) is 0 Å². The number of hydrogen-bond donors (Lipinski definition) is 2. The van der Waals surface area contributed by atoms with Gasteiger partial charge in [0.2, 0.25) is 0 Å². The molecule has 88 valence electrons. The largest absolute Gasteiger partial charge is 0.387 e. The lowest BCUT2D eigenvalue weighted by atomic mass is 10.1. The Hall–Kier alpha value is -1.14. The maximum Gasteiger partial charge on any atom is 0.254 e. The first-order valence-corrected chi connectivity index (χ1v) is 6.19. The molecule has 0 aliphatic rings. The number of thioether (sulfide) groups is 1. The van der Waals surface area contributed by atoms with Gasteiger partial charge in [0.25, 0.3) is 5.91 Å². The van der Waals surface area contributed by atoms with Gasteiger partial charge >= 0.3 is 0 Å². The second kappa shape index (κ2) is 5.81. The zero-order valence-corrected chi connectivity index (χ0v) is 10.1. The summed E-state index contributed by atoms with van der Waals surface area (Å²) in [5.41, 5.74) is -0.507. The van der Waals surface area contributed by atoms with E-state index >= 15 is 0 Å². The van der Waals surface area contributed by atoms with Gasteiger partial charge in [0.1, 0.15) is 6.33 Å². The van der Waals surface area contributed by atoms with E-state index in [9.17, 15) is 9.90 Å². The van der Waals surface area contributed by atoms with Crippen molar-refractivity contribution in [2.24, 2.45) is 0 Å². The number of amides is 1. The normalized spacial score (nSPS) is 14.2. The maximum absolute atomic E-state index is 11.6. The lowest BCUT2D eigenvalue weighted by Gasteiger charge is -2.22. The number of aliphatic hydroxyl groups is 1. The van der Waals surface area contributed by atoms with Crippen molar-refractivity contribution in [2.45, 2.75) is 12.5 Å². The van der Waals surface area contributed by atoms with E-state index in [0.29, 0.717) is 11.3 Å². The molecule has 16 heavy (non-hydrogen) atoms. The van der Waals surface area contributed by atoms with Crippen molar-refractivity contribution in [3.05, 3.63) is 24.3 Å². The van der Waals surface area contributed by atoms with Crippen LogP contribution in [0.2, 0.25) is 0 Å². The van der Waals surface area contributed by atoms with Gasteiger partial charge in [-0.15, -0.1) is 0 Å². The minimum Gasteiger partial charge on any atom is -0.387 e. The van der Waals surface area contributed by atoms with Crippen molar-refractivity contribution in [3.8, 4) is 0 Å². The van der Waals surface area contributed by atoms with Gasteiger partial charge in [-0.3, -0.25) is 4.79 Å². The van der Waals surface area contributed by atoms with Crippen molar-refractivity contribution >= 4 is 17.7 Å². The highest BCUT2D eigenvalue weighted by Crippen LogP contribution is 2.09. The fourth-order valence-electron chi connectivity index (χ4n) is 1.15. The molecule has 2 N–H and O–H groups in total. The molecule has 1 heterocycles. The third-order valence-electron chi connectivity index (χ3n) is 1.91. The summed E-state index contributed by atoms with van der Waals surface area (Å²) in [5, 5.41) is 12.5. The van der Waals surface area contributed by atoms with E-state index < -0.39 is 5.60 Å². The highest BCUT2D eigenvalue weighted by Gasteiger charge is 2.20. The predicted molar refractivity (Wildman–Crippen MR) is 63.4 cm³/mol. The standard InChI is InChI=1S/C10H15N3O2S/c1-10(15,6-16-2)5-13-9(14)8-3-11-7-12-4-8/h3-4,7,15H,5-6H2,1-2H3,(H,13,14). The summed E-state index contributed by atoms with van der Waals surface area (Å²) in [6, 6.07) is 0. The summed E-state index contributed by atoms with van der Waals surface area (Å²) in [6.45, 7) is 1.90. The van der Waals surface area contributed by atoms with Gasteiger partial charge in [0.15, 0.2) is 0 Å². The quantitative estimate of drug-likeness (QED) is 0.776. The first-order valence-electron chi connectivity index (χ1n) is 4.80. The predicted octanol–water partition coefficient (Wildman–Crippen LogP) is 0.320. The number of carbonyl (C=O) groups is 1.